The van der Waals surface area contributed by atoms with Gasteiger partial charge in [0.05, 0.1) is 12.0 Å². The molecule has 0 amide bonds. The minimum Gasteiger partial charge on any atom is -0.486 e. The fourth-order valence-electron chi connectivity index (χ4n) is 3.41. The first-order valence-electron chi connectivity index (χ1n) is 7.93. The predicted molar refractivity (Wildman–Crippen MR) is 89.6 cm³/mol. The molecule has 1 spiro atoms. The average molecular weight is 329 g/mol. The highest BCUT2D eigenvalue weighted by Gasteiger charge is 2.43. The van der Waals surface area contributed by atoms with E-state index >= 15 is 0 Å². The number of anilines is 1. The molecule has 0 saturated carbocycles. The van der Waals surface area contributed by atoms with Crippen LogP contribution >= 0.6 is 11.3 Å². The van der Waals surface area contributed by atoms with E-state index in [0.29, 0.717) is 6.42 Å². The van der Waals surface area contributed by atoms with Gasteiger partial charge in [0.15, 0.2) is 5.78 Å². The third kappa shape index (κ3) is 2.61. The van der Waals surface area contributed by atoms with Gasteiger partial charge in [0.25, 0.3) is 0 Å². The van der Waals surface area contributed by atoms with Gasteiger partial charge in [-0.2, -0.15) is 0 Å². The molecule has 5 nitrogen and oxygen atoms in total. The molecule has 2 aromatic rings. The lowest BCUT2D eigenvalue weighted by Crippen LogP contribution is -2.51. The molecule has 1 aromatic carbocycles. The summed E-state index contributed by atoms with van der Waals surface area (Å²) in [4.78, 5) is 14.8. The zero-order valence-electron chi connectivity index (χ0n) is 13.3. The van der Waals surface area contributed by atoms with Gasteiger partial charge < -0.3 is 9.64 Å². The zero-order valence-corrected chi connectivity index (χ0v) is 14.2. The first-order valence-corrected chi connectivity index (χ1v) is 8.74. The minimum atomic E-state index is -0.352. The van der Waals surface area contributed by atoms with Crippen molar-refractivity contribution in [2.45, 2.75) is 38.7 Å². The quantitative estimate of drug-likeness (QED) is 0.804. The van der Waals surface area contributed by atoms with Crippen molar-refractivity contribution in [1.29, 1.82) is 0 Å². The maximum absolute atomic E-state index is 12.6. The van der Waals surface area contributed by atoms with Gasteiger partial charge in [-0.1, -0.05) is 23.0 Å². The molecule has 2 aliphatic heterocycles. The van der Waals surface area contributed by atoms with Gasteiger partial charge in [0.1, 0.15) is 16.4 Å². The van der Waals surface area contributed by atoms with Crippen LogP contribution < -0.4 is 9.64 Å². The second-order valence-corrected chi connectivity index (χ2v) is 7.64. The number of carbonyl (C=O) groups is 1. The van der Waals surface area contributed by atoms with Crippen LogP contribution in [-0.2, 0) is 0 Å². The molecule has 23 heavy (non-hydrogen) atoms. The van der Waals surface area contributed by atoms with Gasteiger partial charge in [-0.25, -0.2) is 0 Å². The van der Waals surface area contributed by atoms with Gasteiger partial charge in [-0.05, 0) is 26.0 Å². The van der Waals surface area contributed by atoms with Crippen LogP contribution in [0.3, 0.4) is 0 Å². The van der Waals surface area contributed by atoms with Crippen LogP contribution in [0.2, 0.25) is 0 Å². The number of hydrogen-bond acceptors (Lipinski definition) is 6. The number of aryl methyl sites for hydroxylation is 2. The molecule has 0 aliphatic carbocycles. The maximum Gasteiger partial charge on any atom is 0.208 e. The third-order valence-corrected chi connectivity index (χ3v) is 5.60. The van der Waals surface area contributed by atoms with Crippen molar-refractivity contribution in [2.75, 3.05) is 18.0 Å². The van der Waals surface area contributed by atoms with E-state index in [1.165, 1.54) is 0 Å². The van der Waals surface area contributed by atoms with Crippen LogP contribution in [0.5, 0.6) is 5.75 Å². The summed E-state index contributed by atoms with van der Waals surface area (Å²) in [7, 11) is 0. The molecule has 0 radical (unpaired) electrons. The fraction of sp³-hybridized carbons (Fsp3) is 0.471. The Morgan fingerprint density at radius 3 is 2.70 bits per heavy atom. The SMILES string of the molecule is Cc1ccc2c(c1)C(=O)CC1(CCN(c3nnc(C)s3)CC1)O2. The van der Waals surface area contributed by atoms with E-state index in [1.807, 2.05) is 32.0 Å². The lowest BCUT2D eigenvalue weighted by molar-refractivity contribution is 0.0231. The first kappa shape index (κ1) is 14.6. The molecule has 4 rings (SSSR count). The molecule has 3 heterocycles. The Labute approximate surface area is 139 Å². The van der Waals surface area contributed by atoms with Gasteiger partial charge in [-0.3, -0.25) is 4.79 Å². The lowest BCUT2D eigenvalue weighted by atomic mass is 9.82. The number of carbonyl (C=O) groups excluding carboxylic acids is 1. The number of piperidine rings is 1. The van der Waals surface area contributed by atoms with Crippen molar-refractivity contribution in [2.24, 2.45) is 0 Å². The number of fused-ring (bicyclic) bond motifs is 1. The van der Waals surface area contributed by atoms with E-state index in [9.17, 15) is 4.79 Å². The van der Waals surface area contributed by atoms with Crippen molar-refractivity contribution in [3.8, 4) is 5.75 Å². The Morgan fingerprint density at radius 2 is 2.00 bits per heavy atom. The van der Waals surface area contributed by atoms with Gasteiger partial charge in [0, 0.05) is 25.9 Å². The Kier molecular flexibility index (Phi) is 3.37. The predicted octanol–water partition coefficient (Wildman–Crippen LogP) is 3.16. The second kappa shape index (κ2) is 5.30. The van der Waals surface area contributed by atoms with Gasteiger partial charge in [0.2, 0.25) is 5.13 Å². The maximum atomic E-state index is 12.6. The van der Waals surface area contributed by atoms with Crippen molar-refractivity contribution in [3.63, 3.8) is 0 Å². The molecule has 1 aromatic heterocycles. The fourth-order valence-corrected chi connectivity index (χ4v) is 4.15. The molecule has 0 N–H and O–H groups in total. The van der Waals surface area contributed by atoms with Crippen LogP contribution in [0, 0.1) is 13.8 Å². The van der Waals surface area contributed by atoms with Gasteiger partial charge in [-0.15, -0.1) is 10.2 Å². The van der Waals surface area contributed by atoms with E-state index in [4.69, 9.17) is 4.74 Å². The van der Waals surface area contributed by atoms with Crippen LogP contribution in [0.15, 0.2) is 18.2 Å². The molecule has 1 fully saturated rings. The van der Waals surface area contributed by atoms with E-state index in [2.05, 4.69) is 15.1 Å². The number of ketones is 1. The number of rotatable bonds is 1. The smallest absolute Gasteiger partial charge is 0.208 e. The minimum absolute atomic E-state index is 0.204. The topological polar surface area (TPSA) is 55.3 Å². The summed E-state index contributed by atoms with van der Waals surface area (Å²) in [6, 6.07) is 5.87. The van der Waals surface area contributed by atoms with Crippen LogP contribution in [0.25, 0.3) is 0 Å². The second-order valence-electron chi connectivity index (χ2n) is 6.48. The zero-order chi connectivity index (χ0) is 16.0. The van der Waals surface area contributed by atoms with E-state index in [0.717, 1.165) is 52.9 Å². The Balaban J connectivity index is 1.53. The lowest BCUT2D eigenvalue weighted by Gasteiger charge is -2.43. The van der Waals surface area contributed by atoms with Crippen LogP contribution in [0.1, 0.15) is 40.2 Å². The summed E-state index contributed by atoms with van der Waals surface area (Å²) in [5.41, 5.74) is 1.48. The van der Waals surface area contributed by atoms with Crippen LogP contribution in [0.4, 0.5) is 5.13 Å². The summed E-state index contributed by atoms with van der Waals surface area (Å²) >= 11 is 1.62. The Bertz CT molecular complexity index is 763. The number of hydrogen-bond donors (Lipinski definition) is 0. The Hall–Kier alpha value is -1.95. The van der Waals surface area contributed by atoms with Crippen LogP contribution in [-0.4, -0.2) is 34.7 Å². The highest BCUT2D eigenvalue weighted by Crippen LogP contribution is 2.40. The molecule has 6 heteroatoms. The molecule has 1 saturated heterocycles. The van der Waals surface area contributed by atoms with Gasteiger partial charge >= 0.3 is 0 Å². The molecule has 0 unspecified atom stereocenters. The summed E-state index contributed by atoms with van der Waals surface area (Å²) in [6.45, 7) is 5.67. The molecule has 0 atom stereocenters. The number of ether oxygens (including phenoxy) is 1. The molecular weight excluding hydrogens is 310 g/mol. The van der Waals surface area contributed by atoms with E-state index in [1.54, 1.807) is 11.3 Å². The Morgan fingerprint density at radius 1 is 1.22 bits per heavy atom. The molecule has 0 bridgehead atoms. The monoisotopic (exact) mass is 329 g/mol. The summed E-state index contributed by atoms with van der Waals surface area (Å²) in [5, 5.41) is 10.3. The molecule has 120 valence electrons. The molecular formula is C17H19N3O2S. The third-order valence-electron chi connectivity index (χ3n) is 4.71. The van der Waals surface area contributed by atoms with E-state index < -0.39 is 0 Å². The highest BCUT2D eigenvalue weighted by molar-refractivity contribution is 7.15. The average Bonchev–Trinajstić information content (AvgIpc) is 2.96. The largest absolute Gasteiger partial charge is 0.486 e. The summed E-state index contributed by atoms with van der Waals surface area (Å²) in [5.74, 6) is 0.946. The standard InChI is InChI=1S/C17H19N3O2S/c1-11-3-4-15-13(9-11)14(21)10-17(22-15)5-7-20(8-6-17)16-19-18-12(2)23-16/h3-4,9H,5-8,10H2,1-2H3. The number of aromatic nitrogens is 2. The summed E-state index contributed by atoms with van der Waals surface area (Å²) in [6.07, 6.45) is 2.15. The van der Waals surface area contributed by atoms with Crippen molar-refractivity contribution in [1.82, 2.24) is 10.2 Å². The van der Waals surface area contributed by atoms with Crippen molar-refractivity contribution < 1.29 is 9.53 Å². The highest BCUT2D eigenvalue weighted by atomic mass is 32.1. The summed E-state index contributed by atoms with van der Waals surface area (Å²) < 4.78 is 6.30. The van der Waals surface area contributed by atoms with Crippen molar-refractivity contribution in [3.05, 3.63) is 34.3 Å². The molecule has 2 aliphatic rings. The number of benzene rings is 1. The van der Waals surface area contributed by atoms with Crippen molar-refractivity contribution >= 4 is 22.3 Å². The van der Waals surface area contributed by atoms with E-state index in [-0.39, 0.29) is 11.4 Å². The normalized spacial score (nSPS) is 19.6. The number of Topliss-reactive ketones (excluding diaryl/α,β-unsaturated/α-hetero) is 1. The number of nitrogens with zero attached hydrogens (tertiary/aromatic N) is 3. The first-order chi connectivity index (χ1) is 11.0.